The first-order valence-electron chi connectivity index (χ1n) is 10.3. The van der Waals surface area contributed by atoms with E-state index in [2.05, 4.69) is 15.5 Å². The first kappa shape index (κ1) is 20.7. The lowest BCUT2D eigenvalue weighted by atomic mass is 9.90. The van der Waals surface area contributed by atoms with Gasteiger partial charge in [0, 0.05) is 57.5 Å². The van der Waals surface area contributed by atoms with Crippen LogP contribution < -0.4 is 10.6 Å². The van der Waals surface area contributed by atoms with E-state index in [1.807, 2.05) is 4.90 Å². The van der Waals surface area contributed by atoms with Crippen LogP contribution in [0.3, 0.4) is 0 Å². The van der Waals surface area contributed by atoms with E-state index in [0.29, 0.717) is 48.0 Å². The van der Waals surface area contributed by atoms with Crippen LogP contribution in [-0.2, 0) is 4.79 Å². The lowest BCUT2D eigenvalue weighted by Crippen LogP contribution is -2.62. The maximum absolute atomic E-state index is 13.0. The number of halogens is 2. The number of anilines is 1. The number of nitrogens with one attached hydrogen (secondary N) is 2. The molecule has 0 spiro atoms. The summed E-state index contributed by atoms with van der Waals surface area (Å²) >= 11 is 11.9. The summed E-state index contributed by atoms with van der Waals surface area (Å²) in [6.45, 7) is 4.80. The third kappa shape index (κ3) is 4.79. The van der Waals surface area contributed by atoms with Crippen LogP contribution in [0.25, 0.3) is 0 Å². The molecule has 7 nitrogen and oxygen atoms in total. The predicted octanol–water partition coefficient (Wildman–Crippen LogP) is 2.50. The Bertz CT molecular complexity index is 765. The SMILES string of the molecule is O=C(Nc1ccc(Cl)c(Cl)c1)N1CCN(C(=O)[C@H]2CN(C3CCC3)CCN2)CC1. The fraction of sp³-hybridized carbons (Fsp3) is 0.600. The maximum Gasteiger partial charge on any atom is 0.321 e. The van der Waals surface area contributed by atoms with Crippen molar-refractivity contribution in [1.29, 1.82) is 0 Å². The van der Waals surface area contributed by atoms with Gasteiger partial charge < -0.3 is 20.4 Å². The van der Waals surface area contributed by atoms with Crippen LogP contribution in [0.1, 0.15) is 19.3 Å². The zero-order valence-corrected chi connectivity index (χ0v) is 17.9. The molecule has 29 heavy (non-hydrogen) atoms. The molecule has 1 saturated carbocycles. The Morgan fingerprint density at radius 2 is 1.72 bits per heavy atom. The van der Waals surface area contributed by atoms with E-state index >= 15 is 0 Å². The van der Waals surface area contributed by atoms with E-state index in [9.17, 15) is 9.59 Å². The van der Waals surface area contributed by atoms with E-state index in [4.69, 9.17) is 23.2 Å². The summed E-state index contributed by atoms with van der Waals surface area (Å²) in [7, 11) is 0. The van der Waals surface area contributed by atoms with Crippen LogP contribution in [0, 0.1) is 0 Å². The van der Waals surface area contributed by atoms with Gasteiger partial charge in [-0.05, 0) is 31.0 Å². The molecule has 1 aromatic carbocycles. The van der Waals surface area contributed by atoms with Crippen LogP contribution in [0.2, 0.25) is 10.0 Å². The molecule has 1 aromatic rings. The van der Waals surface area contributed by atoms with Gasteiger partial charge in [0.1, 0.15) is 0 Å². The first-order valence-corrected chi connectivity index (χ1v) is 11.0. The molecular weight excluding hydrogens is 413 g/mol. The summed E-state index contributed by atoms with van der Waals surface area (Å²) in [5, 5.41) is 7.06. The Kier molecular flexibility index (Phi) is 6.49. The second kappa shape index (κ2) is 9.08. The van der Waals surface area contributed by atoms with Crippen molar-refractivity contribution in [2.75, 3.05) is 51.1 Å². The lowest BCUT2D eigenvalue weighted by Gasteiger charge is -2.44. The number of piperazine rings is 2. The molecule has 0 aromatic heterocycles. The number of rotatable bonds is 3. The summed E-state index contributed by atoms with van der Waals surface area (Å²) in [4.78, 5) is 31.5. The van der Waals surface area contributed by atoms with E-state index in [0.717, 1.165) is 19.6 Å². The van der Waals surface area contributed by atoms with Gasteiger partial charge in [0.25, 0.3) is 0 Å². The number of urea groups is 1. The van der Waals surface area contributed by atoms with E-state index in [1.54, 1.807) is 23.1 Å². The average molecular weight is 440 g/mol. The van der Waals surface area contributed by atoms with Crippen LogP contribution in [-0.4, -0.2) is 84.5 Å². The third-order valence-electron chi connectivity index (χ3n) is 6.15. The largest absolute Gasteiger partial charge is 0.338 e. The van der Waals surface area contributed by atoms with Crippen LogP contribution in [0.15, 0.2) is 18.2 Å². The highest BCUT2D eigenvalue weighted by molar-refractivity contribution is 6.42. The highest BCUT2D eigenvalue weighted by atomic mass is 35.5. The van der Waals surface area contributed by atoms with Crippen molar-refractivity contribution in [2.45, 2.75) is 31.3 Å². The molecule has 2 aliphatic heterocycles. The second-order valence-corrected chi connectivity index (χ2v) is 8.77. The molecule has 0 bridgehead atoms. The highest BCUT2D eigenvalue weighted by Gasteiger charge is 2.35. The fourth-order valence-corrected chi connectivity index (χ4v) is 4.45. The Labute approximate surface area is 181 Å². The van der Waals surface area contributed by atoms with Gasteiger partial charge >= 0.3 is 6.03 Å². The molecule has 1 aliphatic carbocycles. The summed E-state index contributed by atoms with van der Waals surface area (Å²) in [6, 6.07) is 5.33. The number of hydrogen-bond acceptors (Lipinski definition) is 4. The molecule has 1 atom stereocenters. The van der Waals surface area contributed by atoms with Gasteiger partial charge in [0.2, 0.25) is 5.91 Å². The molecule has 4 rings (SSSR count). The van der Waals surface area contributed by atoms with Crippen molar-refractivity contribution < 1.29 is 9.59 Å². The summed E-state index contributed by atoms with van der Waals surface area (Å²) in [5.41, 5.74) is 0.602. The minimum atomic E-state index is -0.192. The zero-order chi connectivity index (χ0) is 20.4. The van der Waals surface area contributed by atoms with Gasteiger partial charge in [0.15, 0.2) is 0 Å². The van der Waals surface area contributed by atoms with Crippen LogP contribution in [0.4, 0.5) is 10.5 Å². The van der Waals surface area contributed by atoms with Crippen LogP contribution >= 0.6 is 23.2 Å². The monoisotopic (exact) mass is 439 g/mol. The topological polar surface area (TPSA) is 67.9 Å². The first-order chi connectivity index (χ1) is 14.0. The molecule has 9 heteroatoms. The van der Waals surface area contributed by atoms with E-state index in [1.165, 1.54) is 19.3 Å². The van der Waals surface area contributed by atoms with Crippen molar-refractivity contribution in [3.63, 3.8) is 0 Å². The Morgan fingerprint density at radius 3 is 2.38 bits per heavy atom. The molecule has 0 unspecified atom stereocenters. The quantitative estimate of drug-likeness (QED) is 0.758. The van der Waals surface area contributed by atoms with Gasteiger partial charge in [0.05, 0.1) is 16.1 Å². The summed E-state index contributed by atoms with van der Waals surface area (Å²) in [6.07, 6.45) is 3.82. The van der Waals surface area contributed by atoms with Gasteiger partial charge in [-0.3, -0.25) is 9.69 Å². The lowest BCUT2D eigenvalue weighted by molar-refractivity contribution is -0.136. The summed E-state index contributed by atoms with van der Waals surface area (Å²) < 4.78 is 0. The van der Waals surface area contributed by atoms with Gasteiger partial charge in [-0.25, -0.2) is 4.79 Å². The number of hydrogen-bond donors (Lipinski definition) is 2. The van der Waals surface area contributed by atoms with Crippen molar-refractivity contribution in [2.24, 2.45) is 0 Å². The van der Waals surface area contributed by atoms with Crippen molar-refractivity contribution >= 4 is 40.8 Å². The Hall–Kier alpha value is -1.54. The molecule has 2 heterocycles. The molecule has 158 valence electrons. The molecule has 3 amide bonds. The third-order valence-corrected chi connectivity index (χ3v) is 6.88. The van der Waals surface area contributed by atoms with E-state index in [-0.39, 0.29) is 18.0 Å². The standard InChI is InChI=1S/C20H27Cl2N5O2/c21-16-5-4-14(12-17(16)22)24-20(29)26-10-8-25(9-11-26)19(28)18-13-27(7-6-23-18)15-2-1-3-15/h4-5,12,15,18,23H,1-3,6-11,13H2,(H,24,29)/t18-/m1/s1. The number of amides is 3. The van der Waals surface area contributed by atoms with Gasteiger partial charge in [-0.1, -0.05) is 29.6 Å². The Balaban J connectivity index is 1.26. The predicted molar refractivity (Wildman–Crippen MR) is 115 cm³/mol. The number of carbonyl (C=O) groups is 2. The minimum absolute atomic E-state index is 0.138. The minimum Gasteiger partial charge on any atom is -0.338 e. The zero-order valence-electron chi connectivity index (χ0n) is 16.4. The highest BCUT2D eigenvalue weighted by Crippen LogP contribution is 2.26. The average Bonchev–Trinajstić information content (AvgIpc) is 2.69. The van der Waals surface area contributed by atoms with Crippen molar-refractivity contribution in [3.8, 4) is 0 Å². The molecular formula is C20H27Cl2N5O2. The smallest absolute Gasteiger partial charge is 0.321 e. The molecule has 3 aliphatic rings. The van der Waals surface area contributed by atoms with Gasteiger partial charge in [-0.2, -0.15) is 0 Å². The molecule has 2 N–H and O–H groups in total. The number of benzene rings is 1. The number of carbonyl (C=O) groups excluding carboxylic acids is 2. The fourth-order valence-electron chi connectivity index (χ4n) is 4.15. The molecule has 3 fully saturated rings. The van der Waals surface area contributed by atoms with Gasteiger partial charge in [-0.15, -0.1) is 0 Å². The second-order valence-electron chi connectivity index (χ2n) is 7.96. The van der Waals surface area contributed by atoms with Crippen LogP contribution in [0.5, 0.6) is 0 Å². The maximum atomic E-state index is 13.0. The normalized spacial score (nSPS) is 23.6. The molecule has 2 saturated heterocycles. The van der Waals surface area contributed by atoms with Crippen molar-refractivity contribution in [1.82, 2.24) is 20.0 Å². The molecule has 0 radical (unpaired) electrons. The Morgan fingerprint density at radius 1 is 1.00 bits per heavy atom. The van der Waals surface area contributed by atoms with Crippen molar-refractivity contribution in [3.05, 3.63) is 28.2 Å². The van der Waals surface area contributed by atoms with E-state index < -0.39 is 0 Å². The number of nitrogens with zero attached hydrogens (tertiary/aromatic N) is 3. The summed E-state index contributed by atoms with van der Waals surface area (Å²) in [5.74, 6) is 0.151.